The number of carbonyl (C=O) groups excluding carboxylic acids is 1. The van der Waals surface area contributed by atoms with E-state index in [4.69, 9.17) is 10.8 Å². The molecule has 0 spiro atoms. The molecule has 1 aliphatic carbocycles. The van der Waals surface area contributed by atoms with Gasteiger partial charge in [0.1, 0.15) is 17.9 Å². The first-order chi connectivity index (χ1) is 9.19. The number of hydrogen-bond acceptors (Lipinski definition) is 7. The highest BCUT2D eigenvalue weighted by molar-refractivity contribution is 5.93. The third kappa shape index (κ3) is 1.53. The van der Waals surface area contributed by atoms with Crippen molar-refractivity contribution in [3.05, 3.63) is 12.7 Å². The number of nitrogens with two attached hydrogens (primary N) is 1. The van der Waals surface area contributed by atoms with E-state index < -0.39 is 12.0 Å². The fraction of sp³-hybridized carbons (Fsp3) is 0.455. The molecule has 0 unspecified atom stereocenters. The first kappa shape index (κ1) is 12.0. The first-order valence-corrected chi connectivity index (χ1v) is 5.87. The van der Waals surface area contributed by atoms with Crippen molar-refractivity contribution in [2.45, 2.75) is 6.04 Å². The molecule has 3 atom stereocenters. The van der Waals surface area contributed by atoms with Crippen LogP contribution in [0, 0.1) is 11.8 Å². The molecule has 0 saturated heterocycles. The number of nitrogen functional groups attached to an aromatic ring is 1. The van der Waals surface area contributed by atoms with Gasteiger partial charge in [-0.2, -0.15) is 0 Å². The average molecular weight is 263 g/mol. The van der Waals surface area contributed by atoms with E-state index in [1.54, 1.807) is 4.57 Å². The maximum absolute atomic E-state index is 12.0. The summed E-state index contributed by atoms with van der Waals surface area (Å²) in [4.78, 5) is 24.0. The van der Waals surface area contributed by atoms with Crippen LogP contribution in [0.15, 0.2) is 12.7 Å². The van der Waals surface area contributed by atoms with Crippen LogP contribution in [0.1, 0.15) is 6.04 Å². The number of anilines is 1. The highest BCUT2D eigenvalue weighted by Crippen LogP contribution is 2.41. The van der Waals surface area contributed by atoms with Crippen molar-refractivity contribution in [1.29, 1.82) is 0 Å². The van der Waals surface area contributed by atoms with Crippen LogP contribution >= 0.6 is 0 Å². The molecule has 8 nitrogen and oxygen atoms in total. The van der Waals surface area contributed by atoms with Gasteiger partial charge in [-0.1, -0.05) is 0 Å². The lowest BCUT2D eigenvalue weighted by Crippen LogP contribution is -2.51. The molecule has 100 valence electrons. The Balaban J connectivity index is 2.06. The quantitative estimate of drug-likeness (QED) is 0.631. The van der Waals surface area contributed by atoms with Crippen molar-refractivity contribution < 1.29 is 15.0 Å². The normalized spacial score (nSPS) is 26.6. The lowest BCUT2D eigenvalue weighted by molar-refractivity contribution is -0.146. The predicted octanol–water partition coefficient (Wildman–Crippen LogP) is -1.25. The van der Waals surface area contributed by atoms with Crippen LogP contribution in [-0.2, 0) is 4.79 Å². The Labute approximate surface area is 107 Å². The molecule has 0 aromatic carbocycles. The van der Waals surface area contributed by atoms with Crippen molar-refractivity contribution in [3.8, 4) is 0 Å². The number of aliphatic hydroxyl groups is 2. The Morgan fingerprint density at radius 2 is 2.05 bits per heavy atom. The SMILES string of the molecule is Nc1ncnc2c1ncn2[C@@H]1C(=O)[C@H](CO)[C@H]1CO. The minimum atomic E-state index is -0.554. The van der Waals surface area contributed by atoms with E-state index in [9.17, 15) is 9.90 Å². The largest absolute Gasteiger partial charge is 0.396 e. The summed E-state index contributed by atoms with van der Waals surface area (Å²) in [6.45, 7) is -0.438. The van der Waals surface area contributed by atoms with Gasteiger partial charge >= 0.3 is 0 Å². The molecule has 2 aromatic heterocycles. The summed E-state index contributed by atoms with van der Waals surface area (Å²) in [5.41, 5.74) is 6.57. The second-order valence-corrected chi connectivity index (χ2v) is 4.57. The van der Waals surface area contributed by atoms with E-state index in [0.29, 0.717) is 11.2 Å². The summed E-state index contributed by atoms with van der Waals surface area (Å²) in [5, 5.41) is 18.5. The zero-order chi connectivity index (χ0) is 13.6. The minimum Gasteiger partial charge on any atom is -0.396 e. The topological polar surface area (TPSA) is 127 Å². The summed E-state index contributed by atoms with van der Waals surface area (Å²) in [5.74, 6) is -0.731. The molecule has 2 aromatic rings. The summed E-state index contributed by atoms with van der Waals surface area (Å²) < 4.78 is 1.59. The molecule has 4 N–H and O–H groups in total. The lowest BCUT2D eigenvalue weighted by atomic mass is 9.68. The van der Waals surface area contributed by atoms with Crippen LogP contribution < -0.4 is 5.73 Å². The van der Waals surface area contributed by atoms with Crippen LogP contribution in [-0.4, -0.2) is 48.7 Å². The van der Waals surface area contributed by atoms with Gasteiger partial charge < -0.3 is 20.5 Å². The standard InChI is InChI=1S/C11H13N5O3/c12-10-7-11(14-3-13-10)16(4-15-7)8-5(1-17)6(2-18)9(8)19/h3-6,8,17-18H,1-2H2,(H2,12,13,14)/t5-,6-,8+/m1/s1. The maximum atomic E-state index is 12.0. The Morgan fingerprint density at radius 3 is 2.74 bits per heavy atom. The fourth-order valence-electron chi connectivity index (χ4n) is 2.61. The molecule has 3 rings (SSSR count). The molecular weight excluding hydrogens is 250 g/mol. The molecule has 1 saturated carbocycles. The molecule has 0 amide bonds. The van der Waals surface area contributed by atoms with Gasteiger partial charge in [-0.25, -0.2) is 15.0 Å². The van der Waals surface area contributed by atoms with E-state index in [-0.39, 0.29) is 30.7 Å². The van der Waals surface area contributed by atoms with Crippen molar-refractivity contribution in [2.75, 3.05) is 18.9 Å². The van der Waals surface area contributed by atoms with Crippen LogP contribution in [0.4, 0.5) is 5.82 Å². The number of rotatable bonds is 3. The number of imidazole rings is 1. The zero-order valence-corrected chi connectivity index (χ0v) is 9.97. The van der Waals surface area contributed by atoms with E-state index >= 15 is 0 Å². The Morgan fingerprint density at radius 1 is 1.26 bits per heavy atom. The number of fused-ring (bicyclic) bond motifs is 1. The molecule has 1 fully saturated rings. The van der Waals surface area contributed by atoms with Gasteiger partial charge in [0.15, 0.2) is 17.2 Å². The molecule has 19 heavy (non-hydrogen) atoms. The van der Waals surface area contributed by atoms with Crippen molar-refractivity contribution in [2.24, 2.45) is 11.8 Å². The highest BCUT2D eigenvalue weighted by Gasteiger charge is 2.50. The molecular formula is C11H13N5O3. The summed E-state index contributed by atoms with van der Waals surface area (Å²) in [6.07, 6.45) is 2.77. The monoisotopic (exact) mass is 263 g/mol. The molecule has 1 aliphatic rings. The van der Waals surface area contributed by atoms with Gasteiger partial charge in [-0.15, -0.1) is 0 Å². The Kier molecular flexibility index (Phi) is 2.68. The fourth-order valence-corrected chi connectivity index (χ4v) is 2.61. The van der Waals surface area contributed by atoms with Crippen LogP contribution in [0.5, 0.6) is 0 Å². The van der Waals surface area contributed by atoms with E-state index in [2.05, 4.69) is 15.0 Å². The number of carbonyl (C=O) groups is 1. The summed E-state index contributed by atoms with van der Waals surface area (Å²) >= 11 is 0. The molecule has 0 bridgehead atoms. The number of hydrogen-bond donors (Lipinski definition) is 3. The molecule has 2 heterocycles. The second-order valence-electron chi connectivity index (χ2n) is 4.57. The maximum Gasteiger partial charge on any atom is 0.166 e. The van der Waals surface area contributed by atoms with Gasteiger partial charge in [-0.3, -0.25) is 4.79 Å². The van der Waals surface area contributed by atoms with E-state index in [1.807, 2.05) is 0 Å². The lowest BCUT2D eigenvalue weighted by Gasteiger charge is -2.41. The summed E-state index contributed by atoms with van der Waals surface area (Å²) in [7, 11) is 0. The third-order valence-electron chi connectivity index (χ3n) is 3.67. The molecule has 8 heteroatoms. The van der Waals surface area contributed by atoms with Gasteiger partial charge in [-0.05, 0) is 0 Å². The van der Waals surface area contributed by atoms with Crippen LogP contribution in [0.2, 0.25) is 0 Å². The predicted molar refractivity (Wildman–Crippen MR) is 64.9 cm³/mol. The van der Waals surface area contributed by atoms with E-state index in [1.165, 1.54) is 12.7 Å². The van der Waals surface area contributed by atoms with Gasteiger partial charge in [0, 0.05) is 12.5 Å². The Bertz CT molecular complexity index is 640. The van der Waals surface area contributed by atoms with Crippen molar-refractivity contribution in [3.63, 3.8) is 0 Å². The molecule has 0 aliphatic heterocycles. The number of nitrogens with zero attached hydrogens (tertiary/aromatic N) is 4. The number of ketones is 1. The van der Waals surface area contributed by atoms with E-state index in [0.717, 1.165) is 0 Å². The first-order valence-electron chi connectivity index (χ1n) is 5.87. The highest BCUT2D eigenvalue weighted by atomic mass is 16.3. The number of aliphatic hydroxyl groups excluding tert-OH is 2. The van der Waals surface area contributed by atoms with Crippen molar-refractivity contribution >= 4 is 22.8 Å². The van der Waals surface area contributed by atoms with Crippen molar-refractivity contribution in [1.82, 2.24) is 19.5 Å². The number of aromatic nitrogens is 4. The minimum absolute atomic E-state index is 0.127. The Hall–Kier alpha value is -2.06. The van der Waals surface area contributed by atoms with Crippen LogP contribution in [0.25, 0.3) is 11.2 Å². The average Bonchev–Trinajstić information content (AvgIpc) is 2.81. The third-order valence-corrected chi connectivity index (χ3v) is 3.67. The van der Waals surface area contributed by atoms with Gasteiger partial charge in [0.25, 0.3) is 0 Å². The molecule has 0 radical (unpaired) electrons. The van der Waals surface area contributed by atoms with Gasteiger partial charge in [0.2, 0.25) is 0 Å². The second kappa shape index (κ2) is 4.25. The zero-order valence-electron chi connectivity index (χ0n) is 9.97. The summed E-state index contributed by atoms with van der Waals surface area (Å²) in [6, 6.07) is -0.554. The number of Topliss-reactive ketones (excluding diaryl/α,β-unsaturated/α-hetero) is 1. The van der Waals surface area contributed by atoms with Crippen LogP contribution in [0.3, 0.4) is 0 Å². The van der Waals surface area contributed by atoms with Gasteiger partial charge in [0.05, 0.1) is 18.9 Å². The smallest absolute Gasteiger partial charge is 0.166 e.